The Kier molecular flexibility index (Phi) is 4.01. The minimum atomic E-state index is -0.607. The number of fused-ring (bicyclic) bond motifs is 1. The average Bonchev–Trinajstić information content (AvgIpc) is 2.65. The first kappa shape index (κ1) is 16.1. The fraction of sp³-hybridized carbons (Fsp3) is 0.263. The highest BCUT2D eigenvalue weighted by atomic mass is 16.5. The van der Waals surface area contributed by atoms with Crippen LogP contribution in [0, 0.1) is 12.3 Å². The number of anilines is 2. The molecule has 1 aliphatic heterocycles. The highest BCUT2D eigenvalue weighted by molar-refractivity contribution is 6.05. The predicted molar refractivity (Wildman–Crippen MR) is 93.5 cm³/mol. The van der Waals surface area contributed by atoms with Gasteiger partial charge in [0.25, 0.3) is 5.91 Å². The Hall–Kier alpha value is -2.82. The van der Waals surface area contributed by atoms with Gasteiger partial charge in [-0.2, -0.15) is 0 Å². The van der Waals surface area contributed by atoms with Crippen LogP contribution in [0.25, 0.3) is 0 Å². The lowest BCUT2D eigenvalue weighted by Crippen LogP contribution is -2.33. The quantitative estimate of drug-likeness (QED) is 0.887. The minimum absolute atomic E-state index is 0.0855. The molecule has 0 saturated carbocycles. The van der Waals surface area contributed by atoms with Crippen LogP contribution in [0.4, 0.5) is 11.4 Å². The Morgan fingerprint density at radius 3 is 2.58 bits per heavy atom. The van der Waals surface area contributed by atoms with Gasteiger partial charge in [-0.05, 0) is 45.0 Å². The SMILES string of the molecule is Cc1ccc(C(=O)Nc2ccc3c(c2)OCC(C)(C)C(=O)N3)cc1. The van der Waals surface area contributed by atoms with Gasteiger partial charge in [0.05, 0.1) is 11.1 Å². The number of amides is 2. The van der Waals surface area contributed by atoms with E-state index in [2.05, 4.69) is 10.6 Å². The molecule has 5 nitrogen and oxygen atoms in total. The van der Waals surface area contributed by atoms with Crippen molar-refractivity contribution in [1.82, 2.24) is 0 Å². The number of carbonyl (C=O) groups excluding carboxylic acids is 2. The van der Waals surface area contributed by atoms with Crippen molar-refractivity contribution in [3.63, 3.8) is 0 Å². The van der Waals surface area contributed by atoms with Crippen molar-refractivity contribution in [2.75, 3.05) is 17.2 Å². The van der Waals surface area contributed by atoms with E-state index in [1.165, 1.54) is 0 Å². The van der Waals surface area contributed by atoms with E-state index in [9.17, 15) is 9.59 Å². The van der Waals surface area contributed by atoms with Crippen molar-refractivity contribution < 1.29 is 14.3 Å². The van der Waals surface area contributed by atoms with E-state index in [4.69, 9.17) is 4.74 Å². The number of nitrogens with one attached hydrogen (secondary N) is 2. The summed E-state index contributed by atoms with van der Waals surface area (Å²) in [5, 5.41) is 5.70. The molecule has 1 heterocycles. The number of rotatable bonds is 2. The van der Waals surface area contributed by atoms with E-state index >= 15 is 0 Å². The first-order valence-electron chi connectivity index (χ1n) is 7.81. The van der Waals surface area contributed by atoms with E-state index in [1.807, 2.05) is 32.9 Å². The lowest BCUT2D eigenvalue weighted by atomic mass is 9.94. The number of carbonyl (C=O) groups is 2. The van der Waals surface area contributed by atoms with Crippen LogP contribution < -0.4 is 15.4 Å². The number of ether oxygens (including phenoxy) is 1. The summed E-state index contributed by atoms with van der Waals surface area (Å²) in [6.45, 7) is 5.91. The van der Waals surface area contributed by atoms with Crippen LogP contribution in [0.1, 0.15) is 29.8 Å². The van der Waals surface area contributed by atoms with Crippen LogP contribution in [0.3, 0.4) is 0 Å². The van der Waals surface area contributed by atoms with Gasteiger partial charge in [0, 0.05) is 17.3 Å². The first-order chi connectivity index (χ1) is 11.3. The molecule has 0 fully saturated rings. The van der Waals surface area contributed by atoms with Crippen molar-refractivity contribution in [1.29, 1.82) is 0 Å². The molecule has 5 heteroatoms. The normalized spacial score (nSPS) is 15.5. The summed E-state index contributed by atoms with van der Waals surface area (Å²) in [5.74, 6) is 0.279. The zero-order valence-corrected chi connectivity index (χ0v) is 14.0. The van der Waals surface area contributed by atoms with Gasteiger partial charge in [0.15, 0.2) is 0 Å². The molecule has 2 aromatic carbocycles. The van der Waals surface area contributed by atoms with Gasteiger partial charge in [-0.1, -0.05) is 17.7 Å². The third kappa shape index (κ3) is 3.25. The summed E-state index contributed by atoms with van der Waals surface area (Å²) in [5.41, 5.74) is 2.31. The summed E-state index contributed by atoms with van der Waals surface area (Å²) >= 11 is 0. The minimum Gasteiger partial charge on any atom is -0.490 e. The topological polar surface area (TPSA) is 67.4 Å². The molecule has 0 atom stereocenters. The number of hydrogen-bond donors (Lipinski definition) is 2. The Labute approximate surface area is 141 Å². The highest BCUT2D eigenvalue weighted by Crippen LogP contribution is 2.34. The summed E-state index contributed by atoms with van der Waals surface area (Å²) in [6, 6.07) is 12.6. The zero-order chi connectivity index (χ0) is 17.3. The third-order valence-electron chi connectivity index (χ3n) is 4.00. The fourth-order valence-electron chi connectivity index (χ4n) is 2.35. The zero-order valence-electron chi connectivity index (χ0n) is 14.0. The second-order valence-corrected chi connectivity index (χ2v) is 6.66. The first-order valence-corrected chi connectivity index (χ1v) is 7.81. The Balaban J connectivity index is 1.80. The third-order valence-corrected chi connectivity index (χ3v) is 4.00. The lowest BCUT2D eigenvalue weighted by Gasteiger charge is -2.18. The molecule has 124 valence electrons. The molecule has 3 rings (SSSR count). The fourth-order valence-corrected chi connectivity index (χ4v) is 2.35. The molecule has 24 heavy (non-hydrogen) atoms. The summed E-state index contributed by atoms with van der Waals surface area (Å²) in [7, 11) is 0. The molecule has 0 unspecified atom stereocenters. The van der Waals surface area contributed by atoms with E-state index < -0.39 is 5.41 Å². The predicted octanol–water partition coefficient (Wildman–Crippen LogP) is 3.60. The van der Waals surface area contributed by atoms with Gasteiger partial charge in [-0.3, -0.25) is 9.59 Å². The maximum absolute atomic E-state index is 12.3. The maximum atomic E-state index is 12.3. The molecular weight excluding hydrogens is 304 g/mol. The molecule has 1 aliphatic rings. The Morgan fingerprint density at radius 2 is 1.88 bits per heavy atom. The van der Waals surface area contributed by atoms with Crippen LogP contribution in [0.5, 0.6) is 5.75 Å². The molecular formula is C19H20N2O3. The van der Waals surface area contributed by atoms with E-state index in [0.29, 0.717) is 22.7 Å². The second kappa shape index (κ2) is 6.00. The van der Waals surface area contributed by atoms with Crippen LogP contribution in [0.2, 0.25) is 0 Å². The van der Waals surface area contributed by atoms with E-state index in [-0.39, 0.29) is 18.4 Å². The standard InChI is InChI=1S/C19H20N2O3/c1-12-4-6-13(7-5-12)17(22)20-14-8-9-15-16(10-14)24-11-19(2,3)18(23)21-15/h4-10H,11H2,1-3H3,(H,20,22)(H,21,23). The van der Waals surface area contributed by atoms with Gasteiger partial charge in [-0.15, -0.1) is 0 Å². The van der Waals surface area contributed by atoms with Crippen molar-refractivity contribution in [2.24, 2.45) is 5.41 Å². The molecule has 0 saturated heterocycles. The van der Waals surface area contributed by atoms with Gasteiger partial charge >= 0.3 is 0 Å². The van der Waals surface area contributed by atoms with Gasteiger partial charge in [0.1, 0.15) is 12.4 Å². The Bertz CT molecular complexity index is 795. The molecule has 2 N–H and O–H groups in total. The van der Waals surface area contributed by atoms with Crippen molar-refractivity contribution in [3.05, 3.63) is 53.6 Å². The number of benzene rings is 2. The largest absolute Gasteiger partial charge is 0.490 e. The number of aryl methyl sites for hydroxylation is 1. The molecule has 0 aromatic heterocycles. The van der Waals surface area contributed by atoms with Gasteiger partial charge in [0.2, 0.25) is 5.91 Å². The average molecular weight is 324 g/mol. The highest BCUT2D eigenvalue weighted by Gasteiger charge is 2.32. The maximum Gasteiger partial charge on any atom is 0.255 e. The number of hydrogen-bond acceptors (Lipinski definition) is 3. The summed E-state index contributed by atoms with van der Waals surface area (Å²) in [6.07, 6.45) is 0. The summed E-state index contributed by atoms with van der Waals surface area (Å²) in [4.78, 5) is 24.4. The smallest absolute Gasteiger partial charge is 0.255 e. The molecule has 0 bridgehead atoms. The second-order valence-electron chi connectivity index (χ2n) is 6.66. The summed E-state index contributed by atoms with van der Waals surface area (Å²) < 4.78 is 5.74. The molecule has 0 aliphatic carbocycles. The molecule has 2 amide bonds. The lowest BCUT2D eigenvalue weighted by molar-refractivity contribution is -0.124. The van der Waals surface area contributed by atoms with Gasteiger partial charge in [-0.25, -0.2) is 0 Å². The van der Waals surface area contributed by atoms with Crippen molar-refractivity contribution >= 4 is 23.2 Å². The van der Waals surface area contributed by atoms with Gasteiger partial charge < -0.3 is 15.4 Å². The van der Waals surface area contributed by atoms with Crippen LogP contribution in [0.15, 0.2) is 42.5 Å². The molecule has 2 aromatic rings. The van der Waals surface area contributed by atoms with Crippen LogP contribution in [-0.4, -0.2) is 18.4 Å². The van der Waals surface area contributed by atoms with E-state index in [1.54, 1.807) is 30.3 Å². The van der Waals surface area contributed by atoms with Crippen LogP contribution >= 0.6 is 0 Å². The van der Waals surface area contributed by atoms with Crippen molar-refractivity contribution in [2.45, 2.75) is 20.8 Å². The molecule has 0 spiro atoms. The Morgan fingerprint density at radius 1 is 1.17 bits per heavy atom. The van der Waals surface area contributed by atoms with Crippen LogP contribution in [-0.2, 0) is 4.79 Å². The van der Waals surface area contributed by atoms with Crippen molar-refractivity contribution in [3.8, 4) is 5.75 Å². The van der Waals surface area contributed by atoms with E-state index in [0.717, 1.165) is 5.56 Å². The molecule has 0 radical (unpaired) electrons. The monoisotopic (exact) mass is 324 g/mol.